The topological polar surface area (TPSA) is 46.0 Å². The molecule has 1 heterocycles. The van der Waals surface area contributed by atoms with Gasteiger partial charge in [0.25, 0.3) is 0 Å². The van der Waals surface area contributed by atoms with Crippen molar-refractivity contribution in [3.05, 3.63) is 102 Å². The van der Waals surface area contributed by atoms with Gasteiger partial charge in [0, 0.05) is 18.1 Å². The van der Waals surface area contributed by atoms with Crippen LogP contribution in [0, 0.1) is 6.92 Å². The molecule has 1 aromatic heterocycles. The number of aromatic hydroxyl groups is 1. The zero-order chi connectivity index (χ0) is 18.6. The van der Waals surface area contributed by atoms with E-state index in [1.165, 1.54) is 22.3 Å². The van der Waals surface area contributed by atoms with Crippen molar-refractivity contribution in [2.75, 3.05) is 0 Å². The first-order chi connectivity index (χ1) is 13.2. The van der Waals surface area contributed by atoms with Crippen molar-refractivity contribution in [2.45, 2.75) is 13.3 Å². The highest BCUT2D eigenvalue weighted by Crippen LogP contribution is 2.27. The monoisotopic (exact) mass is 352 g/mol. The molecule has 1 N–H and O–H groups in total. The number of aryl methyl sites for hydroxylation is 1. The zero-order valence-corrected chi connectivity index (χ0v) is 15.1. The van der Waals surface area contributed by atoms with Gasteiger partial charge < -0.3 is 5.11 Å². The van der Waals surface area contributed by atoms with Crippen LogP contribution in [0.15, 0.2) is 84.9 Å². The lowest BCUT2D eigenvalue weighted by Gasteiger charge is -2.11. The SMILES string of the molecule is Cc1ccc(-c2ccccc2Cc2cc(O)nc(-c3ccccc3)n2)cc1. The number of hydrogen-bond donors (Lipinski definition) is 1. The lowest BCUT2D eigenvalue weighted by Crippen LogP contribution is -1.98. The van der Waals surface area contributed by atoms with Crippen LogP contribution in [0.5, 0.6) is 5.88 Å². The summed E-state index contributed by atoms with van der Waals surface area (Å²) in [4.78, 5) is 8.86. The van der Waals surface area contributed by atoms with Crippen LogP contribution in [0.2, 0.25) is 0 Å². The minimum Gasteiger partial charge on any atom is -0.493 e. The summed E-state index contributed by atoms with van der Waals surface area (Å²) in [6.45, 7) is 2.09. The highest BCUT2D eigenvalue weighted by Gasteiger charge is 2.10. The van der Waals surface area contributed by atoms with Gasteiger partial charge in [0.15, 0.2) is 5.82 Å². The van der Waals surface area contributed by atoms with E-state index >= 15 is 0 Å². The Morgan fingerprint density at radius 1 is 0.741 bits per heavy atom. The van der Waals surface area contributed by atoms with Crippen LogP contribution >= 0.6 is 0 Å². The Morgan fingerprint density at radius 2 is 1.44 bits per heavy atom. The number of aromatic nitrogens is 2. The molecule has 3 nitrogen and oxygen atoms in total. The number of benzene rings is 3. The van der Waals surface area contributed by atoms with Gasteiger partial charge in [0.2, 0.25) is 5.88 Å². The Labute approximate surface area is 159 Å². The average Bonchev–Trinajstić information content (AvgIpc) is 2.69. The summed E-state index contributed by atoms with van der Waals surface area (Å²) in [7, 11) is 0. The maximum Gasteiger partial charge on any atom is 0.214 e. The van der Waals surface area contributed by atoms with Crippen molar-refractivity contribution in [3.63, 3.8) is 0 Å². The van der Waals surface area contributed by atoms with Crippen molar-refractivity contribution in [3.8, 4) is 28.4 Å². The van der Waals surface area contributed by atoms with Crippen molar-refractivity contribution in [2.24, 2.45) is 0 Å². The normalized spacial score (nSPS) is 10.7. The summed E-state index contributed by atoms with van der Waals surface area (Å²) in [6.07, 6.45) is 0.625. The second-order valence-corrected chi connectivity index (χ2v) is 6.61. The van der Waals surface area contributed by atoms with Crippen LogP contribution in [0.1, 0.15) is 16.8 Å². The van der Waals surface area contributed by atoms with Crippen LogP contribution in [0.4, 0.5) is 0 Å². The van der Waals surface area contributed by atoms with E-state index < -0.39 is 0 Å². The molecule has 0 saturated heterocycles. The molecule has 132 valence electrons. The van der Waals surface area contributed by atoms with Crippen LogP contribution < -0.4 is 0 Å². The summed E-state index contributed by atoms with van der Waals surface area (Å²) in [5.74, 6) is 0.532. The fraction of sp³-hybridized carbons (Fsp3) is 0.0833. The first-order valence-corrected chi connectivity index (χ1v) is 8.96. The summed E-state index contributed by atoms with van der Waals surface area (Å²) >= 11 is 0. The molecule has 0 radical (unpaired) electrons. The van der Waals surface area contributed by atoms with E-state index in [2.05, 4.69) is 53.3 Å². The number of rotatable bonds is 4. The standard InChI is InChI=1S/C24H20N2O/c1-17-11-13-18(14-12-17)22-10-6-5-9-20(22)15-21-16-23(27)26-24(25-21)19-7-3-2-4-8-19/h2-14,16H,15H2,1H3,(H,25,26,27). The maximum atomic E-state index is 10.1. The van der Waals surface area contributed by atoms with Gasteiger partial charge in [-0.15, -0.1) is 0 Å². The summed E-state index contributed by atoms with van der Waals surface area (Å²) in [6, 6.07) is 28.2. The third-order valence-corrected chi connectivity index (χ3v) is 4.55. The van der Waals surface area contributed by atoms with E-state index in [4.69, 9.17) is 0 Å². The van der Waals surface area contributed by atoms with Crippen molar-refractivity contribution < 1.29 is 5.11 Å². The molecule has 4 rings (SSSR count). The molecular formula is C24H20N2O. The van der Waals surface area contributed by atoms with E-state index in [1.54, 1.807) is 6.07 Å². The molecule has 0 bridgehead atoms. The third-order valence-electron chi connectivity index (χ3n) is 4.55. The molecule has 0 atom stereocenters. The Hall–Kier alpha value is -3.46. The van der Waals surface area contributed by atoms with Crippen molar-refractivity contribution >= 4 is 0 Å². The van der Waals surface area contributed by atoms with Crippen LogP contribution in [-0.2, 0) is 6.42 Å². The molecule has 0 aliphatic rings. The van der Waals surface area contributed by atoms with Crippen LogP contribution in [-0.4, -0.2) is 15.1 Å². The Balaban J connectivity index is 1.71. The predicted octanol–water partition coefficient (Wildman–Crippen LogP) is 5.42. The molecule has 0 aliphatic heterocycles. The summed E-state index contributed by atoms with van der Waals surface area (Å²) in [5.41, 5.74) is 6.44. The number of nitrogens with zero attached hydrogens (tertiary/aromatic N) is 2. The van der Waals surface area contributed by atoms with E-state index in [1.807, 2.05) is 42.5 Å². The molecule has 0 unspecified atom stereocenters. The molecule has 0 aliphatic carbocycles. The highest BCUT2D eigenvalue weighted by molar-refractivity contribution is 5.68. The average molecular weight is 352 g/mol. The van der Waals surface area contributed by atoms with Crippen molar-refractivity contribution in [1.82, 2.24) is 9.97 Å². The zero-order valence-electron chi connectivity index (χ0n) is 15.1. The van der Waals surface area contributed by atoms with Crippen LogP contribution in [0.3, 0.4) is 0 Å². The van der Waals surface area contributed by atoms with Gasteiger partial charge in [-0.2, -0.15) is 4.98 Å². The largest absolute Gasteiger partial charge is 0.493 e. The molecule has 4 aromatic rings. The van der Waals surface area contributed by atoms with Crippen molar-refractivity contribution in [1.29, 1.82) is 0 Å². The van der Waals surface area contributed by atoms with Gasteiger partial charge in [-0.3, -0.25) is 0 Å². The maximum absolute atomic E-state index is 10.1. The van der Waals surface area contributed by atoms with Gasteiger partial charge in [-0.25, -0.2) is 4.98 Å². The van der Waals surface area contributed by atoms with Gasteiger partial charge in [0.1, 0.15) is 0 Å². The molecule has 0 saturated carbocycles. The van der Waals surface area contributed by atoms with E-state index in [9.17, 15) is 5.11 Å². The minimum atomic E-state index is -0.00771. The quantitative estimate of drug-likeness (QED) is 0.534. The highest BCUT2D eigenvalue weighted by atomic mass is 16.3. The van der Waals surface area contributed by atoms with Crippen LogP contribution in [0.25, 0.3) is 22.5 Å². The Bertz CT molecular complexity index is 1060. The Kier molecular flexibility index (Phi) is 4.67. The smallest absolute Gasteiger partial charge is 0.214 e. The van der Waals surface area contributed by atoms with E-state index in [0.29, 0.717) is 12.2 Å². The van der Waals surface area contributed by atoms with E-state index in [-0.39, 0.29) is 5.88 Å². The lowest BCUT2D eigenvalue weighted by atomic mass is 9.96. The van der Waals surface area contributed by atoms with Gasteiger partial charge in [-0.05, 0) is 23.6 Å². The van der Waals surface area contributed by atoms with Gasteiger partial charge in [0.05, 0.1) is 5.69 Å². The lowest BCUT2D eigenvalue weighted by molar-refractivity contribution is 0.452. The first-order valence-electron chi connectivity index (χ1n) is 8.96. The van der Waals surface area contributed by atoms with E-state index in [0.717, 1.165) is 11.3 Å². The molecule has 0 fully saturated rings. The second kappa shape index (κ2) is 7.42. The minimum absolute atomic E-state index is 0.00771. The number of hydrogen-bond acceptors (Lipinski definition) is 3. The molecular weight excluding hydrogens is 332 g/mol. The fourth-order valence-electron chi connectivity index (χ4n) is 3.17. The molecule has 27 heavy (non-hydrogen) atoms. The first kappa shape index (κ1) is 17.0. The molecule has 0 amide bonds. The van der Waals surface area contributed by atoms with Gasteiger partial charge in [-0.1, -0.05) is 84.4 Å². The summed E-state index contributed by atoms with van der Waals surface area (Å²) < 4.78 is 0. The molecule has 0 spiro atoms. The Morgan fingerprint density at radius 3 is 2.22 bits per heavy atom. The second-order valence-electron chi connectivity index (χ2n) is 6.61. The molecule has 3 heteroatoms. The predicted molar refractivity (Wildman–Crippen MR) is 109 cm³/mol. The van der Waals surface area contributed by atoms with Gasteiger partial charge >= 0.3 is 0 Å². The fourth-order valence-corrected chi connectivity index (χ4v) is 3.17. The summed E-state index contributed by atoms with van der Waals surface area (Å²) in [5, 5.41) is 10.1. The molecule has 3 aromatic carbocycles. The third kappa shape index (κ3) is 3.87.